The fourth-order valence-electron chi connectivity index (χ4n) is 2.98. The van der Waals surface area contributed by atoms with Crippen molar-refractivity contribution in [3.8, 4) is 17.1 Å². The molecule has 7 heteroatoms. The Morgan fingerprint density at radius 1 is 0.968 bits per heavy atom. The van der Waals surface area contributed by atoms with Crippen molar-refractivity contribution < 1.29 is 9.53 Å². The van der Waals surface area contributed by atoms with E-state index in [-0.39, 0.29) is 5.91 Å². The largest absolute Gasteiger partial charge is 0.495 e. The van der Waals surface area contributed by atoms with Gasteiger partial charge in [0.25, 0.3) is 5.91 Å². The van der Waals surface area contributed by atoms with Gasteiger partial charge < -0.3 is 15.4 Å². The van der Waals surface area contributed by atoms with Gasteiger partial charge in [0.1, 0.15) is 11.6 Å². The number of nitrogens with zero attached hydrogens (tertiary/aromatic N) is 2. The zero-order chi connectivity index (χ0) is 21.6. The first kappa shape index (κ1) is 20.4. The first-order valence-electron chi connectivity index (χ1n) is 9.53. The van der Waals surface area contributed by atoms with Gasteiger partial charge in [0.05, 0.1) is 12.8 Å². The predicted octanol–water partition coefficient (Wildman–Crippen LogP) is 5.80. The van der Waals surface area contributed by atoms with Crippen molar-refractivity contribution in [2.45, 2.75) is 0 Å². The van der Waals surface area contributed by atoms with E-state index in [2.05, 4.69) is 20.6 Å². The van der Waals surface area contributed by atoms with Crippen LogP contribution in [0.15, 0.2) is 85.1 Å². The van der Waals surface area contributed by atoms with E-state index in [1.165, 1.54) is 7.11 Å². The maximum Gasteiger partial charge on any atom is 0.255 e. The van der Waals surface area contributed by atoms with Crippen LogP contribution in [0.25, 0.3) is 11.4 Å². The Morgan fingerprint density at radius 2 is 1.74 bits per heavy atom. The van der Waals surface area contributed by atoms with Gasteiger partial charge in [0.2, 0.25) is 0 Å². The van der Waals surface area contributed by atoms with Crippen molar-refractivity contribution in [2.24, 2.45) is 0 Å². The fourth-order valence-corrected chi connectivity index (χ4v) is 3.15. The zero-order valence-electron chi connectivity index (χ0n) is 16.7. The van der Waals surface area contributed by atoms with E-state index in [0.29, 0.717) is 33.7 Å². The number of nitrogens with one attached hydrogen (secondary N) is 2. The SMILES string of the molecule is COc1ccc(Cl)cc1NC(=O)c1ccc(Nc2ccnc(-c3ccccc3)n2)cc1. The Morgan fingerprint density at radius 3 is 2.48 bits per heavy atom. The quantitative estimate of drug-likeness (QED) is 0.404. The number of hydrogen-bond donors (Lipinski definition) is 2. The van der Waals surface area contributed by atoms with Gasteiger partial charge in [-0.3, -0.25) is 4.79 Å². The van der Waals surface area contributed by atoms with Crippen LogP contribution >= 0.6 is 11.6 Å². The fraction of sp³-hybridized carbons (Fsp3) is 0.0417. The monoisotopic (exact) mass is 430 g/mol. The van der Waals surface area contributed by atoms with E-state index in [1.807, 2.05) is 42.5 Å². The number of ether oxygens (including phenoxy) is 1. The summed E-state index contributed by atoms with van der Waals surface area (Å²) in [6.07, 6.45) is 1.71. The lowest BCUT2D eigenvalue weighted by molar-refractivity contribution is 0.102. The van der Waals surface area contributed by atoms with Crippen molar-refractivity contribution in [1.29, 1.82) is 0 Å². The summed E-state index contributed by atoms with van der Waals surface area (Å²) in [5.41, 5.74) is 2.75. The van der Waals surface area contributed by atoms with E-state index in [9.17, 15) is 4.79 Å². The van der Waals surface area contributed by atoms with Crippen molar-refractivity contribution in [2.75, 3.05) is 17.7 Å². The number of carbonyl (C=O) groups excluding carboxylic acids is 1. The molecular formula is C24H19ClN4O2. The first-order chi connectivity index (χ1) is 15.1. The summed E-state index contributed by atoms with van der Waals surface area (Å²) in [6, 6.07) is 23.7. The second-order valence-electron chi connectivity index (χ2n) is 6.63. The average molecular weight is 431 g/mol. The number of amides is 1. The molecule has 154 valence electrons. The summed E-state index contributed by atoms with van der Waals surface area (Å²) in [4.78, 5) is 21.5. The number of benzene rings is 3. The Bertz CT molecular complexity index is 1200. The van der Waals surface area contributed by atoms with Crippen LogP contribution in [-0.4, -0.2) is 23.0 Å². The summed E-state index contributed by atoms with van der Waals surface area (Å²) < 4.78 is 5.27. The number of carbonyl (C=O) groups is 1. The molecule has 0 bridgehead atoms. The minimum absolute atomic E-state index is 0.263. The highest BCUT2D eigenvalue weighted by molar-refractivity contribution is 6.31. The Balaban J connectivity index is 1.46. The van der Waals surface area contributed by atoms with Crippen LogP contribution in [0.5, 0.6) is 5.75 Å². The molecule has 2 N–H and O–H groups in total. The zero-order valence-corrected chi connectivity index (χ0v) is 17.4. The molecule has 0 fully saturated rings. The molecule has 0 radical (unpaired) electrons. The molecule has 1 amide bonds. The summed E-state index contributed by atoms with van der Waals surface area (Å²) in [5, 5.41) is 6.57. The van der Waals surface area contributed by atoms with Gasteiger partial charge in [-0.2, -0.15) is 0 Å². The predicted molar refractivity (Wildman–Crippen MR) is 123 cm³/mol. The molecule has 0 spiro atoms. The maximum absolute atomic E-state index is 12.6. The van der Waals surface area contributed by atoms with Crippen LogP contribution in [0.2, 0.25) is 5.02 Å². The van der Waals surface area contributed by atoms with E-state index >= 15 is 0 Å². The lowest BCUT2D eigenvalue weighted by Crippen LogP contribution is -2.12. The Kier molecular flexibility index (Phi) is 6.10. The third kappa shape index (κ3) is 4.99. The number of rotatable bonds is 6. The molecule has 4 rings (SSSR count). The van der Waals surface area contributed by atoms with Gasteiger partial charge >= 0.3 is 0 Å². The van der Waals surface area contributed by atoms with Gasteiger partial charge in [-0.15, -0.1) is 0 Å². The first-order valence-corrected chi connectivity index (χ1v) is 9.90. The highest BCUT2D eigenvalue weighted by Gasteiger charge is 2.11. The summed E-state index contributed by atoms with van der Waals surface area (Å²) in [5.74, 6) is 1.57. The minimum Gasteiger partial charge on any atom is -0.495 e. The molecular weight excluding hydrogens is 412 g/mol. The topological polar surface area (TPSA) is 76.1 Å². The summed E-state index contributed by atoms with van der Waals surface area (Å²) in [6.45, 7) is 0. The molecule has 0 aliphatic carbocycles. The second-order valence-corrected chi connectivity index (χ2v) is 7.07. The third-order valence-electron chi connectivity index (χ3n) is 4.52. The van der Waals surface area contributed by atoms with Crippen molar-refractivity contribution in [3.05, 3.63) is 95.6 Å². The van der Waals surface area contributed by atoms with Crippen LogP contribution in [0, 0.1) is 0 Å². The van der Waals surface area contributed by atoms with Crippen molar-refractivity contribution in [3.63, 3.8) is 0 Å². The molecule has 6 nitrogen and oxygen atoms in total. The second kappa shape index (κ2) is 9.28. The molecule has 0 aliphatic rings. The van der Waals surface area contributed by atoms with Crippen molar-refractivity contribution >= 4 is 34.7 Å². The molecule has 3 aromatic carbocycles. The number of halogens is 1. The van der Waals surface area contributed by atoms with Gasteiger partial charge in [0, 0.05) is 28.0 Å². The molecule has 31 heavy (non-hydrogen) atoms. The number of anilines is 3. The molecule has 0 saturated heterocycles. The molecule has 0 unspecified atom stereocenters. The van der Waals surface area contributed by atoms with Crippen LogP contribution < -0.4 is 15.4 Å². The lowest BCUT2D eigenvalue weighted by Gasteiger charge is -2.11. The van der Waals surface area contributed by atoms with Gasteiger partial charge in [-0.1, -0.05) is 41.9 Å². The molecule has 1 aromatic heterocycles. The highest BCUT2D eigenvalue weighted by Crippen LogP contribution is 2.28. The van der Waals surface area contributed by atoms with E-state index in [4.69, 9.17) is 16.3 Å². The normalized spacial score (nSPS) is 10.4. The van der Waals surface area contributed by atoms with Crippen molar-refractivity contribution in [1.82, 2.24) is 9.97 Å². The standard InChI is InChI=1S/C24H19ClN4O2/c1-31-21-12-9-18(25)15-20(21)28-24(30)17-7-10-19(11-8-17)27-22-13-14-26-23(29-22)16-5-3-2-4-6-16/h2-15H,1H3,(H,28,30)(H,26,27,29). The molecule has 1 heterocycles. The molecule has 4 aromatic rings. The third-order valence-corrected chi connectivity index (χ3v) is 4.75. The smallest absolute Gasteiger partial charge is 0.255 e. The molecule has 0 aliphatic heterocycles. The van der Waals surface area contributed by atoms with Gasteiger partial charge in [-0.25, -0.2) is 9.97 Å². The summed E-state index contributed by atoms with van der Waals surface area (Å²) in [7, 11) is 1.54. The lowest BCUT2D eigenvalue weighted by atomic mass is 10.2. The van der Waals surface area contributed by atoms with E-state index in [0.717, 1.165) is 11.3 Å². The maximum atomic E-state index is 12.6. The highest BCUT2D eigenvalue weighted by atomic mass is 35.5. The number of methoxy groups -OCH3 is 1. The number of hydrogen-bond acceptors (Lipinski definition) is 5. The van der Waals surface area contributed by atoms with E-state index < -0.39 is 0 Å². The van der Waals surface area contributed by atoms with Crippen LogP contribution in [-0.2, 0) is 0 Å². The minimum atomic E-state index is -0.263. The van der Waals surface area contributed by atoms with Crippen LogP contribution in [0.4, 0.5) is 17.2 Å². The Hall–Kier alpha value is -3.90. The van der Waals surface area contributed by atoms with E-state index in [1.54, 1.807) is 42.6 Å². The van der Waals surface area contributed by atoms with Gasteiger partial charge in [0.15, 0.2) is 5.82 Å². The molecule has 0 saturated carbocycles. The van der Waals surface area contributed by atoms with Gasteiger partial charge in [-0.05, 0) is 48.5 Å². The summed E-state index contributed by atoms with van der Waals surface area (Å²) >= 11 is 6.03. The molecule has 0 atom stereocenters. The number of aromatic nitrogens is 2. The Labute approximate surface area is 184 Å². The van der Waals surface area contributed by atoms with Crippen LogP contribution in [0.3, 0.4) is 0 Å². The van der Waals surface area contributed by atoms with Crippen LogP contribution in [0.1, 0.15) is 10.4 Å². The average Bonchev–Trinajstić information content (AvgIpc) is 2.80.